The summed E-state index contributed by atoms with van der Waals surface area (Å²) in [6, 6.07) is 6.20. The van der Waals surface area contributed by atoms with Crippen molar-refractivity contribution in [2.75, 3.05) is 13.7 Å². The van der Waals surface area contributed by atoms with Gasteiger partial charge in [-0.1, -0.05) is 32.0 Å². The molecule has 0 aromatic heterocycles. The highest BCUT2D eigenvalue weighted by atomic mass is 19.3. The molecule has 0 aliphatic carbocycles. The summed E-state index contributed by atoms with van der Waals surface area (Å²) in [5, 5.41) is 3.08. The van der Waals surface area contributed by atoms with Gasteiger partial charge in [-0.05, 0) is 25.5 Å². The molecule has 0 radical (unpaired) electrons. The molecule has 0 aliphatic rings. The summed E-state index contributed by atoms with van der Waals surface area (Å²) in [6.07, 6.45) is 0. The highest BCUT2D eigenvalue weighted by Crippen LogP contribution is 2.32. The summed E-state index contributed by atoms with van der Waals surface area (Å²) in [5.41, 5.74) is -0.942. The maximum absolute atomic E-state index is 12.5. The molecule has 0 saturated carbocycles. The summed E-state index contributed by atoms with van der Waals surface area (Å²) >= 11 is 0. The Morgan fingerprint density at radius 3 is 2.48 bits per heavy atom. The number of hydrogen-bond donors (Lipinski definition) is 1. The molecule has 118 valence electrons. The average Bonchev–Trinajstić information content (AvgIpc) is 2.43. The van der Waals surface area contributed by atoms with Crippen LogP contribution in [0.4, 0.5) is 8.78 Å². The third-order valence-electron chi connectivity index (χ3n) is 3.10. The van der Waals surface area contributed by atoms with Crippen molar-refractivity contribution in [3.63, 3.8) is 0 Å². The second-order valence-electron chi connectivity index (χ2n) is 5.27. The maximum atomic E-state index is 12.5. The van der Waals surface area contributed by atoms with Crippen molar-refractivity contribution in [2.24, 2.45) is 5.92 Å². The summed E-state index contributed by atoms with van der Waals surface area (Å²) in [6.45, 7) is 3.11. The monoisotopic (exact) mass is 301 g/mol. The van der Waals surface area contributed by atoms with Gasteiger partial charge in [0.1, 0.15) is 11.3 Å². The molecule has 1 atom stereocenters. The minimum atomic E-state index is -2.96. The van der Waals surface area contributed by atoms with Gasteiger partial charge in [0.15, 0.2) is 0 Å². The van der Waals surface area contributed by atoms with E-state index in [1.54, 1.807) is 25.1 Å². The van der Waals surface area contributed by atoms with E-state index < -0.39 is 18.1 Å². The van der Waals surface area contributed by atoms with E-state index in [0.29, 0.717) is 12.1 Å². The molecule has 0 fully saturated rings. The standard InChI is InChI=1S/C15H21F2NO3/c1-10(2)9-18-15(3,13(19)20-4)11-7-5-6-8-12(11)21-14(16)17/h5-8,10,14,18H,9H2,1-4H3. The number of halogens is 2. The minimum absolute atomic E-state index is 0.0448. The number of benzene rings is 1. The summed E-state index contributed by atoms with van der Waals surface area (Å²) in [4.78, 5) is 12.2. The molecule has 1 aromatic rings. The predicted octanol–water partition coefficient (Wildman–Crippen LogP) is 2.92. The number of carbonyl (C=O) groups is 1. The van der Waals surface area contributed by atoms with E-state index in [1.165, 1.54) is 13.2 Å². The van der Waals surface area contributed by atoms with Gasteiger partial charge >= 0.3 is 12.6 Å². The second kappa shape index (κ2) is 7.36. The molecule has 4 nitrogen and oxygen atoms in total. The van der Waals surface area contributed by atoms with Gasteiger partial charge in [-0.15, -0.1) is 0 Å². The first-order valence-corrected chi connectivity index (χ1v) is 6.69. The summed E-state index contributed by atoms with van der Waals surface area (Å²) in [5.74, 6) is -0.331. The van der Waals surface area contributed by atoms with Crippen LogP contribution in [0.15, 0.2) is 24.3 Å². The molecule has 21 heavy (non-hydrogen) atoms. The molecule has 1 rings (SSSR count). The molecule has 0 heterocycles. The Bertz CT molecular complexity index is 480. The average molecular weight is 301 g/mol. The van der Waals surface area contributed by atoms with Gasteiger partial charge in [0.2, 0.25) is 0 Å². The second-order valence-corrected chi connectivity index (χ2v) is 5.27. The van der Waals surface area contributed by atoms with Crippen LogP contribution < -0.4 is 10.1 Å². The van der Waals surface area contributed by atoms with Gasteiger partial charge in [0.25, 0.3) is 0 Å². The van der Waals surface area contributed by atoms with Crippen molar-refractivity contribution in [3.8, 4) is 5.75 Å². The lowest BCUT2D eigenvalue weighted by Gasteiger charge is -2.30. The fourth-order valence-corrected chi connectivity index (χ4v) is 1.97. The van der Waals surface area contributed by atoms with E-state index in [2.05, 4.69) is 10.1 Å². The predicted molar refractivity (Wildman–Crippen MR) is 75.3 cm³/mol. The van der Waals surface area contributed by atoms with Crippen LogP contribution in [-0.4, -0.2) is 26.2 Å². The number of ether oxygens (including phenoxy) is 2. The highest BCUT2D eigenvalue weighted by Gasteiger charge is 2.38. The van der Waals surface area contributed by atoms with Crippen molar-refractivity contribution in [3.05, 3.63) is 29.8 Å². The Balaban J connectivity index is 3.22. The number of methoxy groups -OCH3 is 1. The van der Waals surface area contributed by atoms with Crippen LogP contribution in [0.1, 0.15) is 26.3 Å². The van der Waals surface area contributed by atoms with Crippen LogP contribution >= 0.6 is 0 Å². The van der Waals surface area contributed by atoms with Crippen LogP contribution in [0.3, 0.4) is 0 Å². The quantitative estimate of drug-likeness (QED) is 0.787. The lowest BCUT2D eigenvalue weighted by atomic mass is 9.90. The largest absolute Gasteiger partial charge is 0.467 e. The Kier molecular flexibility index (Phi) is 6.08. The van der Waals surface area contributed by atoms with E-state index in [-0.39, 0.29) is 11.7 Å². The van der Waals surface area contributed by atoms with Crippen LogP contribution in [0, 0.1) is 5.92 Å². The molecule has 0 saturated heterocycles. The number of para-hydroxylation sites is 1. The van der Waals surface area contributed by atoms with Gasteiger partial charge in [0, 0.05) is 5.56 Å². The minimum Gasteiger partial charge on any atom is -0.467 e. The number of esters is 1. The van der Waals surface area contributed by atoms with Gasteiger partial charge in [-0.3, -0.25) is 5.32 Å². The zero-order chi connectivity index (χ0) is 16.0. The number of rotatable bonds is 7. The molecule has 0 bridgehead atoms. The molecule has 0 spiro atoms. The van der Waals surface area contributed by atoms with Crippen LogP contribution in [0.5, 0.6) is 5.75 Å². The highest BCUT2D eigenvalue weighted by molar-refractivity contribution is 5.83. The number of hydrogen-bond acceptors (Lipinski definition) is 4. The molecular formula is C15H21F2NO3. The fraction of sp³-hybridized carbons (Fsp3) is 0.533. The van der Waals surface area contributed by atoms with E-state index in [9.17, 15) is 13.6 Å². The summed E-state index contributed by atoms with van der Waals surface area (Å²) in [7, 11) is 1.26. The van der Waals surface area contributed by atoms with Crippen LogP contribution in [-0.2, 0) is 15.1 Å². The number of alkyl halides is 2. The number of carbonyl (C=O) groups excluding carboxylic acids is 1. The van der Waals surface area contributed by atoms with Gasteiger partial charge in [0.05, 0.1) is 7.11 Å². The third kappa shape index (κ3) is 4.39. The zero-order valence-electron chi connectivity index (χ0n) is 12.7. The Labute approximate surface area is 123 Å². The van der Waals surface area contributed by atoms with Crippen molar-refractivity contribution >= 4 is 5.97 Å². The Hall–Kier alpha value is -1.69. The molecule has 0 aliphatic heterocycles. The first-order chi connectivity index (χ1) is 9.81. The zero-order valence-corrected chi connectivity index (χ0v) is 12.7. The third-order valence-corrected chi connectivity index (χ3v) is 3.10. The molecule has 1 N–H and O–H groups in total. The molecule has 0 amide bonds. The number of nitrogens with one attached hydrogen (secondary N) is 1. The topological polar surface area (TPSA) is 47.6 Å². The Morgan fingerprint density at radius 1 is 1.33 bits per heavy atom. The lowest BCUT2D eigenvalue weighted by Crippen LogP contribution is -2.49. The van der Waals surface area contributed by atoms with E-state index in [4.69, 9.17) is 4.74 Å². The SMILES string of the molecule is COC(=O)C(C)(NCC(C)C)c1ccccc1OC(F)F. The van der Waals surface area contributed by atoms with Gasteiger partial charge in [-0.2, -0.15) is 8.78 Å². The molecule has 1 unspecified atom stereocenters. The van der Waals surface area contributed by atoms with Crippen LogP contribution in [0.2, 0.25) is 0 Å². The van der Waals surface area contributed by atoms with Gasteiger partial charge in [-0.25, -0.2) is 4.79 Å². The van der Waals surface area contributed by atoms with Crippen molar-refractivity contribution in [2.45, 2.75) is 32.9 Å². The van der Waals surface area contributed by atoms with Crippen molar-refractivity contribution in [1.29, 1.82) is 0 Å². The fourth-order valence-electron chi connectivity index (χ4n) is 1.97. The smallest absolute Gasteiger partial charge is 0.387 e. The molecule has 1 aromatic carbocycles. The van der Waals surface area contributed by atoms with E-state index in [1.807, 2.05) is 13.8 Å². The van der Waals surface area contributed by atoms with Gasteiger partial charge < -0.3 is 9.47 Å². The maximum Gasteiger partial charge on any atom is 0.387 e. The first kappa shape index (κ1) is 17.4. The summed E-state index contributed by atoms with van der Waals surface area (Å²) < 4.78 is 34.4. The van der Waals surface area contributed by atoms with Crippen LogP contribution in [0.25, 0.3) is 0 Å². The Morgan fingerprint density at radius 2 is 1.95 bits per heavy atom. The van der Waals surface area contributed by atoms with E-state index >= 15 is 0 Å². The molecular weight excluding hydrogens is 280 g/mol. The van der Waals surface area contributed by atoms with E-state index in [0.717, 1.165) is 0 Å². The normalized spacial score (nSPS) is 14.1. The van der Waals surface area contributed by atoms with Crippen molar-refractivity contribution in [1.82, 2.24) is 5.32 Å². The molecule has 6 heteroatoms. The van der Waals surface area contributed by atoms with Crippen molar-refractivity contribution < 1.29 is 23.0 Å². The first-order valence-electron chi connectivity index (χ1n) is 6.69. The lowest BCUT2D eigenvalue weighted by molar-refractivity contribution is -0.148.